The average molecular weight is 275 g/mol. The van der Waals surface area contributed by atoms with Crippen molar-refractivity contribution in [3.05, 3.63) is 42.0 Å². The lowest BCUT2D eigenvalue weighted by molar-refractivity contribution is 0.416. The molecular formula is C14H11F2N3O. The van der Waals surface area contributed by atoms with Gasteiger partial charge in [0.15, 0.2) is 11.6 Å². The highest BCUT2D eigenvalue weighted by Crippen LogP contribution is 2.31. The lowest BCUT2D eigenvalue weighted by Crippen LogP contribution is -1.92. The minimum atomic E-state index is -0.973. The van der Waals surface area contributed by atoms with Crippen LogP contribution in [0.15, 0.2) is 30.3 Å². The number of nitrogens with two attached hydrogens (primary N) is 1. The van der Waals surface area contributed by atoms with Gasteiger partial charge in [-0.15, -0.1) is 0 Å². The van der Waals surface area contributed by atoms with Crippen LogP contribution in [0.3, 0.4) is 0 Å². The highest BCUT2D eigenvalue weighted by Gasteiger charge is 2.15. The van der Waals surface area contributed by atoms with Crippen LogP contribution in [-0.4, -0.2) is 17.1 Å². The molecule has 0 aliphatic heterocycles. The van der Waals surface area contributed by atoms with E-state index in [-0.39, 0.29) is 5.52 Å². The Kier molecular flexibility index (Phi) is 2.78. The number of H-pyrrole nitrogens is 1. The molecule has 1 heterocycles. The first-order valence-corrected chi connectivity index (χ1v) is 5.87. The van der Waals surface area contributed by atoms with E-state index < -0.39 is 11.6 Å². The Labute approximate surface area is 113 Å². The molecule has 102 valence electrons. The molecule has 0 aliphatic rings. The molecule has 4 nitrogen and oxygen atoms in total. The predicted molar refractivity (Wildman–Crippen MR) is 72.4 cm³/mol. The van der Waals surface area contributed by atoms with Crippen molar-refractivity contribution < 1.29 is 13.5 Å². The van der Waals surface area contributed by atoms with Crippen LogP contribution >= 0.6 is 0 Å². The number of aromatic nitrogens is 2. The van der Waals surface area contributed by atoms with Crippen molar-refractivity contribution in [1.82, 2.24) is 9.97 Å². The lowest BCUT2D eigenvalue weighted by Gasteiger charge is -2.06. The van der Waals surface area contributed by atoms with Gasteiger partial charge in [0.05, 0.1) is 18.2 Å². The maximum Gasteiger partial charge on any atom is 0.186 e. The number of benzene rings is 2. The molecule has 0 atom stereocenters. The highest BCUT2D eigenvalue weighted by molar-refractivity contribution is 5.81. The number of rotatable bonds is 2. The van der Waals surface area contributed by atoms with Crippen LogP contribution in [0.2, 0.25) is 0 Å². The van der Waals surface area contributed by atoms with E-state index in [1.807, 2.05) is 0 Å². The van der Waals surface area contributed by atoms with Crippen LogP contribution in [0.5, 0.6) is 5.75 Å². The fourth-order valence-corrected chi connectivity index (χ4v) is 2.05. The summed E-state index contributed by atoms with van der Waals surface area (Å²) in [4.78, 5) is 7.03. The summed E-state index contributed by atoms with van der Waals surface area (Å²) in [7, 11) is 1.50. The normalized spacial score (nSPS) is 10.9. The van der Waals surface area contributed by atoms with Crippen molar-refractivity contribution >= 4 is 16.7 Å². The van der Waals surface area contributed by atoms with Crippen molar-refractivity contribution in [2.45, 2.75) is 0 Å². The molecule has 3 N–H and O–H groups in total. The minimum absolute atomic E-state index is 0.0427. The first-order valence-electron chi connectivity index (χ1n) is 5.87. The van der Waals surface area contributed by atoms with E-state index in [4.69, 9.17) is 10.5 Å². The van der Waals surface area contributed by atoms with Crippen molar-refractivity contribution in [1.29, 1.82) is 0 Å². The Bertz CT molecular complexity index is 798. The molecule has 20 heavy (non-hydrogen) atoms. The molecule has 6 heteroatoms. The standard InChI is InChI=1S/C14H11F2N3O/c1-20-11-6-7(17)2-3-8(11)14-18-10-5-4-9(15)12(16)13(10)19-14/h2-6H,17H2,1H3,(H,18,19). The zero-order valence-electron chi connectivity index (χ0n) is 10.6. The molecule has 0 bridgehead atoms. The number of hydrogen-bond donors (Lipinski definition) is 2. The molecule has 1 aromatic heterocycles. The van der Waals surface area contributed by atoms with Crippen LogP contribution in [-0.2, 0) is 0 Å². The van der Waals surface area contributed by atoms with Gasteiger partial charge in [0.2, 0.25) is 0 Å². The fraction of sp³-hybridized carbons (Fsp3) is 0.0714. The second kappa shape index (κ2) is 4.48. The molecule has 0 spiro atoms. The number of nitrogens with zero attached hydrogens (tertiary/aromatic N) is 1. The lowest BCUT2D eigenvalue weighted by atomic mass is 10.1. The van der Waals surface area contributed by atoms with E-state index in [1.165, 1.54) is 13.2 Å². The summed E-state index contributed by atoms with van der Waals surface area (Å²) in [6.07, 6.45) is 0. The van der Waals surface area contributed by atoms with Gasteiger partial charge < -0.3 is 15.5 Å². The molecule has 0 amide bonds. The van der Waals surface area contributed by atoms with Gasteiger partial charge >= 0.3 is 0 Å². The quantitative estimate of drug-likeness (QED) is 0.706. The zero-order chi connectivity index (χ0) is 14.3. The third-order valence-electron chi connectivity index (χ3n) is 3.03. The summed E-state index contributed by atoms with van der Waals surface area (Å²) in [6, 6.07) is 7.52. The van der Waals surface area contributed by atoms with E-state index >= 15 is 0 Å². The summed E-state index contributed by atoms with van der Waals surface area (Å²) < 4.78 is 32.1. The van der Waals surface area contributed by atoms with Gasteiger partial charge in [-0.3, -0.25) is 0 Å². The summed E-state index contributed by atoms with van der Waals surface area (Å²) in [5, 5.41) is 0. The van der Waals surface area contributed by atoms with E-state index in [0.717, 1.165) is 6.07 Å². The molecule has 2 aromatic carbocycles. The van der Waals surface area contributed by atoms with Crippen molar-refractivity contribution in [2.75, 3.05) is 12.8 Å². The Hall–Kier alpha value is -2.63. The largest absolute Gasteiger partial charge is 0.496 e. The van der Waals surface area contributed by atoms with Gasteiger partial charge in [-0.05, 0) is 24.3 Å². The Morgan fingerprint density at radius 3 is 2.75 bits per heavy atom. The first kappa shape index (κ1) is 12.4. The van der Waals surface area contributed by atoms with Gasteiger partial charge in [-0.25, -0.2) is 13.8 Å². The van der Waals surface area contributed by atoms with Gasteiger partial charge in [-0.2, -0.15) is 0 Å². The molecule has 0 radical (unpaired) electrons. The van der Waals surface area contributed by atoms with E-state index in [9.17, 15) is 8.78 Å². The van der Waals surface area contributed by atoms with Crippen LogP contribution in [0.25, 0.3) is 22.4 Å². The Balaban J connectivity index is 2.23. The molecule has 0 saturated heterocycles. The summed E-state index contributed by atoms with van der Waals surface area (Å²) in [6.45, 7) is 0. The maximum atomic E-state index is 13.7. The van der Waals surface area contributed by atoms with E-state index in [0.29, 0.717) is 28.3 Å². The molecular weight excluding hydrogens is 264 g/mol. The van der Waals surface area contributed by atoms with Gasteiger partial charge in [0.25, 0.3) is 0 Å². The average Bonchev–Trinajstić information content (AvgIpc) is 2.87. The predicted octanol–water partition coefficient (Wildman–Crippen LogP) is 3.10. The first-order chi connectivity index (χ1) is 9.60. The molecule has 3 aromatic rings. The minimum Gasteiger partial charge on any atom is -0.496 e. The third-order valence-corrected chi connectivity index (χ3v) is 3.03. The van der Waals surface area contributed by atoms with Crippen LogP contribution in [0, 0.1) is 11.6 Å². The monoisotopic (exact) mass is 275 g/mol. The number of hydrogen-bond acceptors (Lipinski definition) is 3. The number of fused-ring (bicyclic) bond motifs is 1. The topological polar surface area (TPSA) is 63.9 Å². The maximum absolute atomic E-state index is 13.7. The van der Waals surface area contributed by atoms with E-state index in [2.05, 4.69) is 9.97 Å². The zero-order valence-corrected chi connectivity index (χ0v) is 10.6. The van der Waals surface area contributed by atoms with Crippen molar-refractivity contribution in [3.8, 4) is 17.1 Å². The fourth-order valence-electron chi connectivity index (χ4n) is 2.05. The molecule has 0 saturated carbocycles. The second-order valence-corrected chi connectivity index (χ2v) is 4.30. The number of nitrogens with one attached hydrogen (secondary N) is 1. The third kappa shape index (κ3) is 1.85. The summed E-state index contributed by atoms with van der Waals surface area (Å²) >= 11 is 0. The number of anilines is 1. The number of imidazole rings is 1. The number of halogens is 2. The van der Waals surface area contributed by atoms with Crippen LogP contribution < -0.4 is 10.5 Å². The molecule has 0 unspecified atom stereocenters. The molecule has 0 fully saturated rings. The number of ether oxygens (including phenoxy) is 1. The Morgan fingerprint density at radius 2 is 2.00 bits per heavy atom. The van der Waals surface area contributed by atoms with Crippen molar-refractivity contribution in [2.24, 2.45) is 0 Å². The summed E-state index contributed by atoms with van der Waals surface area (Å²) in [5.41, 5.74) is 7.22. The number of nitrogen functional groups attached to an aromatic ring is 1. The highest BCUT2D eigenvalue weighted by atomic mass is 19.2. The molecule has 3 rings (SSSR count). The van der Waals surface area contributed by atoms with Crippen molar-refractivity contribution in [3.63, 3.8) is 0 Å². The summed E-state index contributed by atoms with van der Waals surface area (Å²) in [5.74, 6) is -1.01. The Morgan fingerprint density at radius 1 is 1.20 bits per heavy atom. The SMILES string of the molecule is COc1cc(N)ccc1-c1nc2c(F)c(F)ccc2[nH]1. The van der Waals surface area contributed by atoms with Gasteiger partial charge in [0, 0.05) is 11.8 Å². The van der Waals surface area contributed by atoms with Crippen LogP contribution in [0.1, 0.15) is 0 Å². The smallest absolute Gasteiger partial charge is 0.186 e. The number of aromatic amines is 1. The number of methoxy groups -OCH3 is 1. The van der Waals surface area contributed by atoms with Crippen LogP contribution in [0.4, 0.5) is 14.5 Å². The van der Waals surface area contributed by atoms with Gasteiger partial charge in [0.1, 0.15) is 17.1 Å². The van der Waals surface area contributed by atoms with Gasteiger partial charge in [-0.1, -0.05) is 0 Å². The second-order valence-electron chi connectivity index (χ2n) is 4.30. The van der Waals surface area contributed by atoms with E-state index in [1.54, 1.807) is 18.2 Å². The molecule has 0 aliphatic carbocycles.